The maximum Gasteiger partial charge on any atom is 0.233 e. The van der Waals surface area contributed by atoms with Gasteiger partial charge < -0.3 is 9.80 Å². The summed E-state index contributed by atoms with van der Waals surface area (Å²) in [6, 6.07) is 6.70. The zero-order valence-corrected chi connectivity index (χ0v) is 12.9. The molecule has 1 saturated heterocycles. The minimum absolute atomic E-state index is 0.281. The van der Waals surface area contributed by atoms with Gasteiger partial charge in [0.1, 0.15) is 0 Å². The molecule has 0 unspecified atom stereocenters. The van der Waals surface area contributed by atoms with Crippen LogP contribution in [0.3, 0.4) is 0 Å². The third-order valence-electron chi connectivity index (χ3n) is 4.29. The predicted octanol–water partition coefficient (Wildman–Crippen LogP) is 2.04. The first-order valence-corrected chi connectivity index (χ1v) is 8.42. The van der Waals surface area contributed by atoms with Crippen LogP contribution < -0.4 is 0 Å². The van der Waals surface area contributed by atoms with Crippen LogP contribution >= 0.6 is 11.8 Å². The minimum Gasteiger partial charge on any atom is -0.339 e. The number of likely N-dealkylation sites (N-methyl/N-ethyl adjacent to an activating group) is 1. The maximum absolute atomic E-state index is 12.2. The Kier molecular flexibility index (Phi) is 4.32. The fraction of sp³-hybridized carbons (Fsp3) is 0.562. The first kappa shape index (κ1) is 14.0. The number of rotatable bonds is 3. The van der Waals surface area contributed by atoms with Crippen LogP contribution in [0.25, 0.3) is 0 Å². The van der Waals surface area contributed by atoms with Crippen molar-refractivity contribution in [3.63, 3.8) is 0 Å². The SMILES string of the molecule is CN1CCN(C(=O)CSc2ccc3c(c2)CCC3)CC1. The van der Waals surface area contributed by atoms with Gasteiger partial charge >= 0.3 is 0 Å². The molecule has 1 aromatic rings. The molecule has 0 N–H and O–H groups in total. The quantitative estimate of drug-likeness (QED) is 0.796. The van der Waals surface area contributed by atoms with Crippen LogP contribution in [0, 0.1) is 0 Å². The molecule has 0 aromatic heterocycles. The van der Waals surface area contributed by atoms with Gasteiger partial charge in [-0.25, -0.2) is 0 Å². The number of hydrogen-bond donors (Lipinski definition) is 0. The number of aryl methyl sites for hydroxylation is 2. The lowest BCUT2D eigenvalue weighted by molar-refractivity contribution is -0.129. The zero-order chi connectivity index (χ0) is 13.9. The van der Waals surface area contributed by atoms with E-state index in [1.54, 1.807) is 11.8 Å². The molecule has 4 heteroatoms. The number of benzene rings is 1. The minimum atomic E-state index is 0.281. The summed E-state index contributed by atoms with van der Waals surface area (Å²) in [5.74, 6) is 0.853. The van der Waals surface area contributed by atoms with E-state index < -0.39 is 0 Å². The monoisotopic (exact) mass is 290 g/mol. The second kappa shape index (κ2) is 6.19. The van der Waals surface area contributed by atoms with Gasteiger partial charge in [-0.2, -0.15) is 0 Å². The number of nitrogens with zero attached hydrogens (tertiary/aromatic N) is 2. The van der Waals surface area contributed by atoms with E-state index in [1.807, 2.05) is 4.90 Å². The second-order valence-corrected chi connectivity index (χ2v) is 6.81. The van der Waals surface area contributed by atoms with Gasteiger partial charge in [-0.15, -0.1) is 11.8 Å². The van der Waals surface area contributed by atoms with Crippen molar-refractivity contribution in [3.8, 4) is 0 Å². The molecule has 0 atom stereocenters. The van der Waals surface area contributed by atoms with E-state index >= 15 is 0 Å². The number of fused-ring (bicyclic) bond motifs is 1. The smallest absolute Gasteiger partial charge is 0.233 e. The summed E-state index contributed by atoms with van der Waals surface area (Å²) in [5, 5.41) is 0. The Hall–Kier alpha value is -1.00. The third-order valence-corrected chi connectivity index (χ3v) is 5.27. The third kappa shape index (κ3) is 3.18. The molecule has 1 aliphatic heterocycles. The van der Waals surface area contributed by atoms with Crippen molar-refractivity contribution in [2.24, 2.45) is 0 Å². The number of carbonyl (C=O) groups excluding carboxylic acids is 1. The second-order valence-electron chi connectivity index (χ2n) is 5.76. The molecule has 0 saturated carbocycles. The topological polar surface area (TPSA) is 23.6 Å². The Morgan fingerprint density at radius 1 is 1.15 bits per heavy atom. The van der Waals surface area contributed by atoms with Gasteiger partial charge in [0, 0.05) is 31.1 Å². The molecule has 1 heterocycles. The highest BCUT2D eigenvalue weighted by atomic mass is 32.2. The summed E-state index contributed by atoms with van der Waals surface area (Å²) in [7, 11) is 2.11. The van der Waals surface area contributed by atoms with E-state index in [1.165, 1.54) is 35.3 Å². The van der Waals surface area contributed by atoms with Crippen LogP contribution in [0.5, 0.6) is 0 Å². The molecule has 1 amide bonds. The molecule has 0 bridgehead atoms. The van der Waals surface area contributed by atoms with Crippen LogP contribution in [-0.2, 0) is 17.6 Å². The molecule has 108 valence electrons. The van der Waals surface area contributed by atoms with E-state index in [4.69, 9.17) is 0 Å². The van der Waals surface area contributed by atoms with E-state index in [2.05, 4.69) is 30.1 Å². The molecular formula is C16H22N2OS. The largest absolute Gasteiger partial charge is 0.339 e. The van der Waals surface area contributed by atoms with Gasteiger partial charge in [-0.1, -0.05) is 6.07 Å². The highest BCUT2D eigenvalue weighted by Gasteiger charge is 2.19. The van der Waals surface area contributed by atoms with E-state index in [-0.39, 0.29) is 5.91 Å². The number of thioether (sulfide) groups is 1. The number of amides is 1. The van der Waals surface area contributed by atoms with Crippen molar-refractivity contribution in [1.82, 2.24) is 9.80 Å². The molecule has 3 rings (SSSR count). The van der Waals surface area contributed by atoms with Crippen molar-refractivity contribution < 1.29 is 4.79 Å². The van der Waals surface area contributed by atoms with Gasteiger partial charge in [0.15, 0.2) is 0 Å². The van der Waals surface area contributed by atoms with Crippen molar-refractivity contribution in [3.05, 3.63) is 29.3 Å². The highest BCUT2D eigenvalue weighted by molar-refractivity contribution is 8.00. The molecule has 1 aromatic carbocycles. The number of piperazine rings is 1. The molecule has 0 spiro atoms. The van der Waals surface area contributed by atoms with E-state index in [9.17, 15) is 4.79 Å². The van der Waals surface area contributed by atoms with Gasteiger partial charge in [0.05, 0.1) is 5.75 Å². The van der Waals surface area contributed by atoms with Crippen molar-refractivity contribution in [2.45, 2.75) is 24.2 Å². The van der Waals surface area contributed by atoms with Gasteiger partial charge in [-0.05, 0) is 49.6 Å². The normalized spacial score (nSPS) is 19.1. The lowest BCUT2D eigenvalue weighted by Gasteiger charge is -2.32. The molecule has 3 nitrogen and oxygen atoms in total. The Morgan fingerprint density at radius 3 is 2.70 bits per heavy atom. The molecule has 1 aliphatic carbocycles. The number of hydrogen-bond acceptors (Lipinski definition) is 3. The molecule has 1 fully saturated rings. The first-order valence-electron chi connectivity index (χ1n) is 7.43. The average molecular weight is 290 g/mol. The summed E-state index contributed by atoms with van der Waals surface area (Å²) in [6.45, 7) is 3.74. The molecule has 20 heavy (non-hydrogen) atoms. The van der Waals surface area contributed by atoms with Crippen molar-refractivity contribution >= 4 is 17.7 Å². The number of carbonyl (C=O) groups is 1. The molecular weight excluding hydrogens is 268 g/mol. The van der Waals surface area contributed by atoms with Gasteiger partial charge in [-0.3, -0.25) is 4.79 Å². The zero-order valence-electron chi connectivity index (χ0n) is 12.1. The van der Waals surface area contributed by atoms with Crippen LogP contribution in [0.2, 0.25) is 0 Å². The summed E-state index contributed by atoms with van der Waals surface area (Å²) in [6.07, 6.45) is 3.71. The highest BCUT2D eigenvalue weighted by Crippen LogP contribution is 2.27. The molecule has 0 radical (unpaired) electrons. The Bertz CT molecular complexity index is 495. The molecule has 2 aliphatic rings. The van der Waals surface area contributed by atoms with Gasteiger partial charge in [0.25, 0.3) is 0 Å². The fourth-order valence-corrected chi connectivity index (χ4v) is 3.79. The summed E-state index contributed by atoms with van der Waals surface area (Å²) in [5.41, 5.74) is 2.99. The van der Waals surface area contributed by atoms with Crippen LogP contribution in [0.4, 0.5) is 0 Å². The van der Waals surface area contributed by atoms with Gasteiger partial charge in [0.2, 0.25) is 5.91 Å². The first-order chi connectivity index (χ1) is 9.72. The Labute approximate surface area is 125 Å². The van der Waals surface area contributed by atoms with E-state index in [0.29, 0.717) is 5.75 Å². The Morgan fingerprint density at radius 2 is 1.90 bits per heavy atom. The van der Waals surface area contributed by atoms with Crippen molar-refractivity contribution in [1.29, 1.82) is 0 Å². The summed E-state index contributed by atoms with van der Waals surface area (Å²) >= 11 is 1.68. The van der Waals surface area contributed by atoms with Crippen molar-refractivity contribution in [2.75, 3.05) is 39.0 Å². The fourth-order valence-electron chi connectivity index (χ4n) is 2.93. The van der Waals surface area contributed by atoms with Crippen LogP contribution in [-0.4, -0.2) is 54.7 Å². The van der Waals surface area contributed by atoms with Crippen LogP contribution in [0.1, 0.15) is 17.5 Å². The Balaban J connectivity index is 1.53. The van der Waals surface area contributed by atoms with E-state index in [0.717, 1.165) is 26.2 Å². The predicted molar refractivity (Wildman–Crippen MR) is 83.3 cm³/mol. The van der Waals surface area contributed by atoms with Crippen LogP contribution in [0.15, 0.2) is 23.1 Å². The summed E-state index contributed by atoms with van der Waals surface area (Å²) in [4.78, 5) is 17.7. The lowest BCUT2D eigenvalue weighted by atomic mass is 10.1. The lowest BCUT2D eigenvalue weighted by Crippen LogP contribution is -2.47. The standard InChI is InChI=1S/C16H22N2OS/c1-17-7-9-18(10-8-17)16(19)12-20-15-6-5-13-3-2-4-14(13)11-15/h5-6,11H,2-4,7-10,12H2,1H3. The maximum atomic E-state index is 12.2. The summed E-state index contributed by atoms with van der Waals surface area (Å²) < 4.78 is 0. The average Bonchev–Trinajstić information content (AvgIpc) is 2.93.